The van der Waals surface area contributed by atoms with Crippen LogP contribution in [0.1, 0.15) is 37.3 Å². The molecule has 1 atom stereocenters. The van der Waals surface area contributed by atoms with Crippen molar-refractivity contribution in [2.24, 2.45) is 0 Å². The van der Waals surface area contributed by atoms with Crippen molar-refractivity contribution in [2.45, 2.75) is 51.0 Å². The topological polar surface area (TPSA) is 75.7 Å². The van der Waals surface area contributed by atoms with Crippen molar-refractivity contribution in [1.29, 1.82) is 0 Å². The molecule has 1 N–H and O–H groups in total. The van der Waals surface area contributed by atoms with Crippen LogP contribution >= 0.6 is 0 Å². The summed E-state index contributed by atoms with van der Waals surface area (Å²) in [5, 5.41) is 0. The molecule has 6 nitrogen and oxygen atoms in total. The van der Waals surface area contributed by atoms with E-state index in [4.69, 9.17) is 4.74 Å². The molecule has 1 aliphatic heterocycles. The maximum atomic E-state index is 12.7. The van der Waals surface area contributed by atoms with Crippen molar-refractivity contribution in [3.8, 4) is 5.75 Å². The molecule has 1 aromatic rings. The third kappa shape index (κ3) is 4.08. The molecule has 0 aliphatic carbocycles. The van der Waals surface area contributed by atoms with Gasteiger partial charge in [-0.2, -0.15) is 4.72 Å². The molecule has 0 radical (unpaired) electrons. The summed E-state index contributed by atoms with van der Waals surface area (Å²) in [5.41, 5.74) is 1.19. The lowest BCUT2D eigenvalue weighted by Gasteiger charge is -2.29. The highest BCUT2D eigenvalue weighted by Gasteiger charge is 2.28. The third-order valence-corrected chi connectivity index (χ3v) is 6.15. The lowest BCUT2D eigenvalue weighted by Crippen LogP contribution is -2.48. The Labute approximate surface area is 144 Å². The molecule has 1 fully saturated rings. The first-order chi connectivity index (χ1) is 11.3. The molecule has 0 bridgehead atoms. The normalized spacial score (nSPS) is 16.8. The average Bonchev–Trinajstić information content (AvgIpc) is 2.53. The van der Waals surface area contributed by atoms with E-state index in [2.05, 4.69) is 4.72 Å². The Hall–Kier alpha value is -1.60. The van der Waals surface area contributed by atoms with Gasteiger partial charge in [0.2, 0.25) is 15.9 Å². The summed E-state index contributed by atoms with van der Waals surface area (Å²) in [6.45, 7) is 6.45. The number of ether oxygens (including phenoxy) is 1. The fraction of sp³-hybridized carbons (Fsp3) is 0.588. The minimum absolute atomic E-state index is 0.165. The zero-order chi connectivity index (χ0) is 17.9. The van der Waals surface area contributed by atoms with E-state index >= 15 is 0 Å². The van der Waals surface area contributed by atoms with E-state index in [9.17, 15) is 13.2 Å². The second-order valence-corrected chi connectivity index (χ2v) is 7.97. The van der Waals surface area contributed by atoms with E-state index in [1.165, 1.54) is 0 Å². The number of carbonyl (C=O) groups excluding carboxylic acids is 1. The van der Waals surface area contributed by atoms with Crippen molar-refractivity contribution < 1.29 is 17.9 Å². The molecule has 0 saturated carbocycles. The Morgan fingerprint density at radius 2 is 1.71 bits per heavy atom. The lowest BCUT2D eigenvalue weighted by molar-refractivity contribution is -0.133. The number of aryl methyl sites for hydroxylation is 2. The Bertz CT molecular complexity index is 686. The quantitative estimate of drug-likeness (QED) is 0.877. The first-order valence-corrected chi connectivity index (χ1v) is 9.71. The van der Waals surface area contributed by atoms with Crippen LogP contribution < -0.4 is 9.46 Å². The Morgan fingerprint density at radius 3 is 2.21 bits per heavy atom. The standard InChI is InChI=1S/C17H26N2O4S/c1-12-10-15(23-4)11-13(2)16(12)24(21,22)18-14(3)17(20)19-8-6-5-7-9-19/h10-11,14,18H,5-9H2,1-4H3/t14-/m0/s1. The number of amides is 1. The van der Waals surface area contributed by atoms with Crippen LogP contribution in [0.4, 0.5) is 0 Å². The van der Waals surface area contributed by atoms with Crippen molar-refractivity contribution >= 4 is 15.9 Å². The highest BCUT2D eigenvalue weighted by Crippen LogP contribution is 2.25. The van der Waals surface area contributed by atoms with Crippen LogP contribution in [0.2, 0.25) is 0 Å². The minimum Gasteiger partial charge on any atom is -0.497 e. The number of hydrogen-bond donors (Lipinski definition) is 1. The van der Waals surface area contributed by atoms with Crippen molar-refractivity contribution in [2.75, 3.05) is 20.2 Å². The van der Waals surface area contributed by atoms with Gasteiger partial charge in [-0.3, -0.25) is 4.79 Å². The van der Waals surface area contributed by atoms with E-state index in [0.717, 1.165) is 19.3 Å². The van der Waals surface area contributed by atoms with E-state index in [1.807, 2.05) is 0 Å². The minimum atomic E-state index is -3.78. The number of nitrogens with one attached hydrogen (secondary N) is 1. The van der Waals surface area contributed by atoms with Gasteiger partial charge < -0.3 is 9.64 Å². The van der Waals surface area contributed by atoms with Gasteiger partial charge in [0.05, 0.1) is 18.0 Å². The first-order valence-electron chi connectivity index (χ1n) is 8.22. The summed E-state index contributed by atoms with van der Waals surface area (Å²) in [6, 6.07) is 2.58. The predicted octanol–water partition coefficient (Wildman–Crippen LogP) is 1.99. The molecule has 0 aromatic heterocycles. The maximum absolute atomic E-state index is 12.7. The maximum Gasteiger partial charge on any atom is 0.241 e. The predicted molar refractivity (Wildman–Crippen MR) is 92.7 cm³/mol. The molecular weight excluding hydrogens is 328 g/mol. The number of piperidine rings is 1. The average molecular weight is 354 g/mol. The highest BCUT2D eigenvalue weighted by molar-refractivity contribution is 7.89. The number of benzene rings is 1. The van der Waals surface area contributed by atoms with Gasteiger partial charge in [0.1, 0.15) is 5.75 Å². The smallest absolute Gasteiger partial charge is 0.241 e. The summed E-state index contributed by atoms with van der Waals surface area (Å²) >= 11 is 0. The first kappa shape index (κ1) is 18.7. The van der Waals surface area contributed by atoms with Gasteiger partial charge in [0.25, 0.3) is 0 Å². The van der Waals surface area contributed by atoms with Gasteiger partial charge in [-0.25, -0.2) is 8.42 Å². The number of methoxy groups -OCH3 is 1. The zero-order valence-electron chi connectivity index (χ0n) is 14.8. The van der Waals surface area contributed by atoms with Crippen LogP contribution in [-0.2, 0) is 14.8 Å². The molecule has 134 valence electrons. The van der Waals surface area contributed by atoms with Crippen LogP contribution in [0.25, 0.3) is 0 Å². The number of hydrogen-bond acceptors (Lipinski definition) is 4. The van der Waals surface area contributed by atoms with Gasteiger partial charge in [-0.1, -0.05) is 0 Å². The van der Waals surface area contributed by atoms with Gasteiger partial charge in [-0.15, -0.1) is 0 Å². The second-order valence-electron chi connectivity index (χ2n) is 6.32. The van der Waals surface area contributed by atoms with Crippen molar-refractivity contribution in [3.05, 3.63) is 23.3 Å². The number of sulfonamides is 1. The van der Waals surface area contributed by atoms with Crippen LogP contribution in [0, 0.1) is 13.8 Å². The van der Waals surface area contributed by atoms with Crippen LogP contribution in [0.15, 0.2) is 17.0 Å². The second kappa shape index (κ2) is 7.53. The molecule has 0 unspecified atom stereocenters. The molecule has 1 aromatic carbocycles. The number of rotatable bonds is 5. The van der Waals surface area contributed by atoms with Gasteiger partial charge >= 0.3 is 0 Å². The molecule has 7 heteroatoms. The van der Waals surface area contributed by atoms with Crippen LogP contribution in [-0.4, -0.2) is 45.5 Å². The molecule has 1 heterocycles. The number of likely N-dealkylation sites (tertiary alicyclic amines) is 1. The fourth-order valence-corrected chi connectivity index (χ4v) is 4.83. The SMILES string of the molecule is COc1cc(C)c(S(=O)(=O)N[C@@H](C)C(=O)N2CCCCC2)c(C)c1. The fourth-order valence-electron chi connectivity index (χ4n) is 3.18. The van der Waals surface area contributed by atoms with E-state index < -0.39 is 16.1 Å². The molecule has 1 aliphatic rings. The molecule has 1 amide bonds. The molecule has 1 saturated heterocycles. The highest BCUT2D eigenvalue weighted by atomic mass is 32.2. The van der Waals surface area contributed by atoms with Crippen LogP contribution in [0.5, 0.6) is 5.75 Å². The van der Waals surface area contributed by atoms with Crippen molar-refractivity contribution in [1.82, 2.24) is 9.62 Å². The Kier molecular flexibility index (Phi) is 5.87. The number of nitrogens with zero attached hydrogens (tertiary/aromatic N) is 1. The van der Waals surface area contributed by atoms with Gasteiger partial charge in [0, 0.05) is 13.1 Å². The largest absolute Gasteiger partial charge is 0.497 e. The molecule has 0 spiro atoms. The summed E-state index contributed by atoms with van der Waals surface area (Å²) in [5.74, 6) is 0.448. The van der Waals surface area contributed by atoms with Crippen LogP contribution in [0.3, 0.4) is 0 Å². The van der Waals surface area contributed by atoms with Gasteiger partial charge in [0.15, 0.2) is 0 Å². The molecular formula is C17H26N2O4S. The lowest BCUT2D eigenvalue weighted by atomic mass is 10.1. The number of carbonyl (C=O) groups is 1. The summed E-state index contributed by atoms with van der Waals surface area (Å²) in [6.07, 6.45) is 3.07. The van der Waals surface area contributed by atoms with E-state index in [1.54, 1.807) is 44.9 Å². The summed E-state index contributed by atoms with van der Waals surface area (Å²) in [7, 11) is -2.24. The van der Waals surface area contributed by atoms with Gasteiger partial charge in [-0.05, 0) is 63.3 Å². The van der Waals surface area contributed by atoms with E-state index in [-0.39, 0.29) is 10.8 Å². The molecule has 2 rings (SSSR count). The monoisotopic (exact) mass is 354 g/mol. The van der Waals surface area contributed by atoms with Crippen molar-refractivity contribution in [3.63, 3.8) is 0 Å². The van der Waals surface area contributed by atoms with E-state index in [0.29, 0.717) is 30.0 Å². The zero-order valence-corrected chi connectivity index (χ0v) is 15.6. The summed E-state index contributed by atoms with van der Waals surface area (Å²) < 4.78 is 33.2. The Morgan fingerprint density at radius 1 is 1.17 bits per heavy atom. The Balaban J connectivity index is 2.20. The summed E-state index contributed by atoms with van der Waals surface area (Å²) in [4.78, 5) is 14.4. The molecule has 24 heavy (non-hydrogen) atoms. The third-order valence-electron chi connectivity index (χ3n) is 4.31.